The van der Waals surface area contributed by atoms with Crippen molar-refractivity contribution < 1.29 is 4.39 Å². The van der Waals surface area contributed by atoms with Crippen molar-refractivity contribution in [1.82, 2.24) is 9.55 Å². The third-order valence-electron chi connectivity index (χ3n) is 2.97. The van der Waals surface area contributed by atoms with Crippen LogP contribution in [0, 0.1) is 17.1 Å². The van der Waals surface area contributed by atoms with Crippen LogP contribution in [0.2, 0.25) is 5.02 Å². The molecule has 0 bridgehead atoms. The number of anilines is 1. The summed E-state index contributed by atoms with van der Waals surface area (Å²) in [6, 6.07) is 11.2. The fourth-order valence-corrected chi connectivity index (χ4v) is 2.36. The summed E-state index contributed by atoms with van der Waals surface area (Å²) in [6.45, 7) is 0. The first-order chi connectivity index (χ1) is 9.61. The fraction of sp³-hybridized carbons (Fsp3) is 0. The van der Waals surface area contributed by atoms with Crippen LogP contribution in [0.4, 0.5) is 10.3 Å². The van der Waals surface area contributed by atoms with Crippen molar-refractivity contribution in [3.05, 3.63) is 52.8 Å². The van der Waals surface area contributed by atoms with Gasteiger partial charge in [0.15, 0.2) is 0 Å². The molecule has 0 aliphatic rings. The van der Waals surface area contributed by atoms with Crippen molar-refractivity contribution in [3.63, 3.8) is 0 Å². The molecule has 98 valence electrons. The second-order valence-electron chi connectivity index (χ2n) is 4.19. The first-order valence-corrected chi connectivity index (χ1v) is 6.12. The Labute approximate surface area is 118 Å². The number of hydrogen-bond donors (Lipinski definition) is 1. The van der Waals surface area contributed by atoms with Gasteiger partial charge in [0.2, 0.25) is 5.95 Å². The van der Waals surface area contributed by atoms with Crippen LogP contribution in [0.15, 0.2) is 36.4 Å². The molecule has 3 aromatic rings. The molecular weight excluding hydrogens is 279 g/mol. The Morgan fingerprint density at radius 2 is 2.10 bits per heavy atom. The third-order valence-corrected chi connectivity index (χ3v) is 3.28. The average Bonchev–Trinajstić information content (AvgIpc) is 2.76. The van der Waals surface area contributed by atoms with E-state index in [9.17, 15) is 4.39 Å². The van der Waals surface area contributed by atoms with E-state index in [0.29, 0.717) is 16.1 Å². The number of nitrogen functional groups attached to an aromatic ring is 1. The summed E-state index contributed by atoms with van der Waals surface area (Å²) in [6.07, 6.45) is 0. The number of nitrogens with two attached hydrogens (primary N) is 1. The Morgan fingerprint density at radius 1 is 1.30 bits per heavy atom. The van der Waals surface area contributed by atoms with Gasteiger partial charge in [-0.15, -0.1) is 0 Å². The number of nitrogens with zero attached hydrogens (tertiary/aromatic N) is 3. The van der Waals surface area contributed by atoms with Crippen LogP contribution in [0.3, 0.4) is 0 Å². The molecule has 1 aromatic heterocycles. The molecule has 0 amide bonds. The molecule has 2 aromatic carbocycles. The van der Waals surface area contributed by atoms with Crippen LogP contribution in [0.25, 0.3) is 16.7 Å². The van der Waals surface area contributed by atoms with E-state index in [4.69, 9.17) is 22.6 Å². The van der Waals surface area contributed by atoms with Gasteiger partial charge in [-0.25, -0.2) is 9.37 Å². The number of aromatic nitrogens is 2. The van der Waals surface area contributed by atoms with Gasteiger partial charge in [0.05, 0.1) is 33.4 Å². The van der Waals surface area contributed by atoms with E-state index in [1.165, 1.54) is 16.7 Å². The smallest absolute Gasteiger partial charge is 0.206 e. The average molecular weight is 287 g/mol. The number of halogens is 2. The van der Waals surface area contributed by atoms with Crippen molar-refractivity contribution in [1.29, 1.82) is 5.26 Å². The largest absolute Gasteiger partial charge is 0.369 e. The number of imidazole rings is 1. The van der Waals surface area contributed by atoms with Crippen LogP contribution in [-0.2, 0) is 0 Å². The first kappa shape index (κ1) is 12.5. The molecule has 2 N–H and O–H groups in total. The van der Waals surface area contributed by atoms with E-state index in [2.05, 4.69) is 4.98 Å². The van der Waals surface area contributed by atoms with Crippen LogP contribution < -0.4 is 5.73 Å². The predicted molar refractivity (Wildman–Crippen MR) is 75.2 cm³/mol. The number of fused-ring (bicyclic) bond motifs is 1. The second-order valence-corrected chi connectivity index (χ2v) is 4.60. The van der Waals surface area contributed by atoms with Crippen LogP contribution in [0.5, 0.6) is 0 Å². The normalized spacial score (nSPS) is 10.7. The molecule has 1 heterocycles. The minimum absolute atomic E-state index is 0.136. The zero-order chi connectivity index (χ0) is 14.3. The highest BCUT2D eigenvalue weighted by atomic mass is 35.5. The molecule has 4 nitrogen and oxygen atoms in total. The zero-order valence-electron chi connectivity index (χ0n) is 10.1. The quantitative estimate of drug-likeness (QED) is 0.746. The molecule has 0 saturated heterocycles. The fourth-order valence-electron chi connectivity index (χ4n) is 2.11. The summed E-state index contributed by atoms with van der Waals surface area (Å²) in [5.41, 5.74) is 7.42. The van der Waals surface area contributed by atoms with Crippen LogP contribution >= 0.6 is 11.6 Å². The molecule has 0 fully saturated rings. The molecule has 3 rings (SSSR count). The Morgan fingerprint density at radius 3 is 2.80 bits per heavy atom. The maximum absolute atomic E-state index is 14.1. The molecule has 0 spiro atoms. The van der Waals surface area contributed by atoms with Crippen LogP contribution in [0.1, 0.15) is 5.56 Å². The van der Waals surface area contributed by atoms with E-state index in [1.807, 2.05) is 6.07 Å². The monoisotopic (exact) mass is 286 g/mol. The Balaban J connectivity index is 2.35. The summed E-state index contributed by atoms with van der Waals surface area (Å²) in [5.74, 6) is -0.424. The third kappa shape index (κ3) is 1.78. The van der Waals surface area contributed by atoms with Gasteiger partial charge in [-0.3, -0.25) is 4.57 Å². The van der Waals surface area contributed by atoms with Gasteiger partial charge in [0, 0.05) is 0 Å². The van der Waals surface area contributed by atoms with Crippen molar-refractivity contribution in [3.8, 4) is 11.8 Å². The van der Waals surface area contributed by atoms with E-state index >= 15 is 0 Å². The Kier molecular flexibility index (Phi) is 2.81. The lowest BCUT2D eigenvalue weighted by atomic mass is 10.2. The van der Waals surface area contributed by atoms with Crippen LogP contribution in [-0.4, -0.2) is 9.55 Å². The van der Waals surface area contributed by atoms with E-state index < -0.39 is 5.82 Å². The van der Waals surface area contributed by atoms with Gasteiger partial charge in [-0.2, -0.15) is 5.26 Å². The molecule has 0 atom stereocenters. The van der Waals surface area contributed by atoms with Gasteiger partial charge >= 0.3 is 0 Å². The highest BCUT2D eigenvalue weighted by Gasteiger charge is 2.16. The van der Waals surface area contributed by atoms with Crippen molar-refractivity contribution in [2.75, 3.05) is 5.73 Å². The Bertz CT molecular complexity index is 863. The van der Waals surface area contributed by atoms with E-state index in [-0.39, 0.29) is 17.2 Å². The topological polar surface area (TPSA) is 67.6 Å². The zero-order valence-corrected chi connectivity index (χ0v) is 10.9. The van der Waals surface area contributed by atoms with Crippen molar-refractivity contribution in [2.24, 2.45) is 0 Å². The molecule has 20 heavy (non-hydrogen) atoms. The summed E-state index contributed by atoms with van der Waals surface area (Å²) in [4.78, 5) is 4.16. The molecule has 6 heteroatoms. The van der Waals surface area contributed by atoms with Gasteiger partial charge < -0.3 is 5.73 Å². The van der Waals surface area contributed by atoms with Gasteiger partial charge in [0.1, 0.15) is 5.82 Å². The highest BCUT2D eigenvalue weighted by Crippen LogP contribution is 2.30. The first-order valence-electron chi connectivity index (χ1n) is 5.74. The minimum Gasteiger partial charge on any atom is -0.369 e. The van der Waals surface area contributed by atoms with Gasteiger partial charge in [-0.05, 0) is 30.3 Å². The highest BCUT2D eigenvalue weighted by molar-refractivity contribution is 6.35. The van der Waals surface area contributed by atoms with Gasteiger partial charge in [0.25, 0.3) is 0 Å². The molecule has 0 radical (unpaired) electrons. The number of hydrogen-bond acceptors (Lipinski definition) is 3. The lowest BCUT2D eigenvalue weighted by Gasteiger charge is -2.08. The van der Waals surface area contributed by atoms with Crippen molar-refractivity contribution in [2.45, 2.75) is 0 Å². The number of nitriles is 1. The number of benzene rings is 2. The second kappa shape index (κ2) is 4.51. The number of para-hydroxylation sites is 1. The summed E-state index contributed by atoms with van der Waals surface area (Å²) < 4.78 is 15.6. The lowest BCUT2D eigenvalue weighted by Crippen LogP contribution is -2.03. The van der Waals surface area contributed by atoms with Gasteiger partial charge in [-0.1, -0.05) is 17.7 Å². The molecule has 0 unspecified atom stereocenters. The summed E-state index contributed by atoms with van der Waals surface area (Å²) in [5, 5.41) is 9.20. The molecule has 0 aliphatic heterocycles. The standard InChI is InChI=1S/C14H8ClFN4/c15-9-2-1-3-11-13(9)20(14(18)19-11)12-5-4-8(7-17)6-10(12)16/h1-6H,(H2,18,19). The number of rotatable bonds is 1. The van der Waals surface area contributed by atoms with E-state index in [1.54, 1.807) is 18.2 Å². The lowest BCUT2D eigenvalue weighted by molar-refractivity contribution is 0.619. The summed E-state index contributed by atoms with van der Waals surface area (Å²) in [7, 11) is 0. The Hall–Kier alpha value is -2.58. The maximum atomic E-state index is 14.1. The van der Waals surface area contributed by atoms with Crippen molar-refractivity contribution >= 4 is 28.6 Å². The molecular formula is C14H8ClFN4. The maximum Gasteiger partial charge on any atom is 0.206 e. The minimum atomic E-state index is -0.560. The van der Waals surface area contributed by atoms with E-state index in [0.717, 1.165) is 6.07 Å². The SMILES string of the molecule is N#Cc1ccc(-n2c(N)nc3cccc(Cl)c32)c(F)c1. The summed E-state index contributed by atoms with van der Waals surface area (Å²) >= 11 is 6.15. The predicted octanol–water partition coefficient (Wildman–Crippen LogP) is 3.27. The molecule has 0 saturated carbocycles. The molecule has 0 aliphatic carbocycles.